The molecule has 1 saturated heterocycles. The molecule has 0 bridgehead atoms. The summed E-state index contributed by atoms with van der Waals surface area (Å²) in [7, 11) is 0. The summed E-state index contributed by atoms with van der Waals surface area (Å²) in [5, 5.41) is 5.92. The molecule has 1 aromatic heterocycles. The highest BCUT2D eigenvalue weighted by Gasteiger charge is 2.33. The van der Waals surface area contributed by atoms with Crippen LogP contribution < -0.4 is 10.6 Å². The van der Waals surface area contributed by atoms with Crippen LogP contribution in [0.3, 0.4) is 0 Å². The molecule has 51 heavy (non-hydrogen) atoms. The van der Waals surface area contributed by atoms with E-state index >= 15 is 0 Å². The van der Waals surface area contributed by atoms with Crippen LogP contribution in [0.4, 0.5) is 11.4 Å². The van der Waals surface area contributed by atoms with Crippen molar-refractivity contribution in [3.05, 3.63) is 114 Å². The first kappa shape index (κ1) is 35.1. The third-order valence-corrected chi connectivity index (χ3v) is 9.19. The van der Waals surface area contributed by atoms with Gasteiger partial charge < -0.3 is 25.4 Å². The van der Waals surface area contributed by atoms with Crippen molar-refractivity contribution in [2.75, 3.05) is 30.3 Å². The van der Waals surface area contributed by atoms with E-state index < -0.39 is 6.04 Å². The van der Waals surface area contributed by atoms with Crippen LogP contribution in [0.15, 0.2) is 103 Å². The Labute approximate surface area is 298 Å². The standard InChI is InChI=1S/C41H44N6O4/c1-2-25-46(38(49)23-15-29-10-5-3-6-11-29)28-37(48)42-32-19-17-31(18-20-32)40-44-34-22-21-33(27-35(34)45-40)43-41(51)36-14-9-26-47(36)39(50)24-16-30-12-7-4-8-13-30/h3-8,10-13,17-22,27,36H,2,9,14-16,23-26,28H2,1H3,(H,42,48)(H,43,51)(H,44,45)/t36-/m0/s1. The van der Waals surface area contributed by atoms with Crippen molar-refractivity contribution < 1.29 is 19.2 Å². The summed E-state index contributed by atoms with van der Waals surface area (Å²) < 4.78 is 0. The summed E-state index contributed by atoms with van der Waals surface area (Å²) in [6, 6.07) is 32.1. The van der Waals surface area contributed by atoms with Gasteiger partial charge >= 0.3 is 0 Å². The first-order valence-electron chi connectivity index (χ1n) is 17.7. The number of aromatic amines is 1. The number of imidazole rings is 1. The molecule has 4 amide bonds. The molecule has 0 saturated carbocycles. The van der Waals surface area contributed by atoms with Gasteiger partial charge in [0.25, 0.3) is 0 Å². The predicted molar refractivity (Wildman–Crippen MR) is 200 cm³/mol. The van der Waals surface area contributed by atoms with Gasteiger partial charge in [0.1, 0.15) is 11.9 Å². The lowest BCUT2D eigenvalue weighted by Gasteiger charge is -2.24. The van der Waals surface area contributed by atoms with Crippen LogP contribution in [0.1, 0.15) is 50.2 Å². The third-order valence-electron chi connectivity index (χ3n) is 9.19. The van der Waals surface area contributed by atoms with E-state index in [1.54, 1.807) is 9.80 Å². The Morgan fingerprint density at radius 2 is 1.49 bits per heavy atom. The smallest absolute Gasteiger partial charge is 0.247 e. The summed E-state index contributed by atoms with van der Waals surface area (Å²) >= 11 is 0. The van der Waals surface area contributed by atoms with Crippen LogP contribution >= 0.6 is 0 Å². The molecule has 2 heterocycles. The van der Waals surface area contributed by atoms with E-state index in [1.165, 1.54) is 0 Å². The SMILES string of the molecule is CCCN(CC(=O)Nc1ccc(-c2nc3ccc(NC(=O)[C@@H]4CCCN4C(=O)CCc4ccccc4)cc3[nH]2)cc1)C(=O)CCc1ccccc1. The van der Waals surface area contributed by atoms with E-state index in [1.807, 2.05) is 110 Å². The molecule has 0 spiro atoms. The largest absolute Gasteiger partial charge is 0.338 e. The van der Waals surface area contributed by atoms with Gasteiger partial charge in [-0.05, 0) is 85.7 Å². The fourth-order valence-corrected chi connectivity index (χ4v) is 6.53. The quantitative estimate of drug-likeness (QED) is 0.122. The number of H-pyrrole nitrogens is 1. The zero-order valence-corrected chi connectivity index (χ0v) is 28.9. The Morgan fingerprint density at radius 3 is 2.18 bits per heavy atom. The number of benzene rings is 4. The average molecular weight is 685 g/mol. The molecule has 10 heteroatoms. The Kier molecular flexibility index (Phi) is 11.5. The molecule has 6 rings (SSSR count). The van der Waals surface area contributed by atoms with Gasteiger partial charge in [-0.3, -0.25) is 19.2 Å². The minimum absolute atomic E-state index is 0.00107. The maximum atomic E-state index is 13.3. The van der Waals surface area contributed by atoms with Crippen molar-refractivity contribution in [3.63, 3.8) is 0 Å². The van der Waals surface area contributed by atoms with Crippen molar-refractivity contribution in [2.24, 2.45) is 0 Å². The predicted octanol–water partition coefficient (Wildman–Crippen LogP) is 6.60. The summed E-state index contributed by atoms with van der Waals surface area (Å²) in [5.74, 6) is 0.171. The van der Waals surface area contributed by atoms with Gasteiger partial charge in [-0.2, -0.15) is 0 Å². The van der Waals surface area contributed by atoms with E-state index in [2.05, 4.69) is 15.6 Å². The molecule has 1 fully saturated rings. The maximum Gasteiger partial charge on any atom is 0.247 e. The normalized spacial score (nSPS) is 14.0. The molecule has 0 unspecified atom stereocenters. The minimum Gasteiger partial charge on any atom is -0.338 e. The Balaban J connectivity index is 1.02. The van der Waals surface area contributed by atoms with Gasteiger partial charge in [-0.1, -0.05) is 67.6 Å². The molecule has 5 aromatic rings. The molecule has 0 aliphatic carbocycles. The number of hydrogen-bond acceptors (Lipinski definition) is 5. The van der Waals surface area contributed by atoms with E-state index in [0.29, 0.717) is 62.4 Å². The highest BCUT2D eigenvalue weighted by Crippen LogP contribution is 2.26. The van der Waals surface area contributed by atoms with Gasteiger partial charge in [0.05, 0.1) is 17.6 Å². The Bertz CT molecular complexity index is 1960. The molecular formula is C41H44N6O4. The zero-order chi connectivity index (χ0) is 35.6. The van der Waals surface area contributed by atoms with Crippen LogP contribution in [-0.2, 0) is 32.0 Å². The van der Waals surface area contributed by atoms with Gasteiger partial charge in [0.2, 0.25) is 23.6 Å². The summed E-state index contributed by atoms with van der Waals surface area (Å²) in [4.78, 5) is 63.5. The Morgan fingerprint density at radius 1 is 0.824 bits per heavy atom. The Hall–Kier alpha value is -5.77. The number of likely N-dealkylation sites (tertiary alicyclic amines) is 1. The van der Waals surface area contributed by atoms with Crippen molar-refractivity contribution in [3.8, 4) is 11.4 Å². The van der Waals surface area contributed by atoms with Gasteiger partial charge in [-0.15, -0.1) is 0 Å². The van der Waals surface area contributed by atoms with Crippen molar-refractivity contribution in [1.82, 2.24) is 19.8 Å². The number of hydrogen-bond donors (Lipinski definition) is 3. The number of rotatable bonds is 14. The van der Waals surface area contributed by atoms with Crippen molar-refractivity contribution >= 4 is 46.0 Å². The second-order valence-corrected chi connectivity index (χ2v) is 13.0. The van der Waals surface area contributed by atoms with Crippen molar-refractivity contribution in [1.29, 1.82) is 0 Å². The van der Waals surface area contributed by atoms with Gasteiger partial charge in [0.15, 0.2) is 0 Å². The first-order chi connectivity index (χ1) is 24.9. The number of nitrogens with zero attached hydrogens (tertiary/aromatic N) is 3. The fourth-order valence-electron chi connectivity index (χ4n) is 6.53. The van der Waals surface area contributed by atoms with Crippen LogP contribution in [0, 0.1) is 0 Å². The lowest BCUT2D eigenvalue weighted by Crippen LogP contribution is -2.43. The second-order valence-electron chi connectivity index (χ2n) is 13.0. The number of amides is 4. The molecular weight excluding hydrogens is 640 g/mol. The molecule has 3 N–H and O–H groups in total. The van der Waals surface area contributed by atoms with Gasteiger partial charge in [0, 0.05) is 42.9 Å². The highest BCUT2D eigenvalue weighted by molar-refractivity contribution is 5.99. The molecule has 4 aromatic carbocycles. The lowest BCUT2D eigenvalue weighted by atomic mass is 10.1. The number of aromatic nitrogens is 2. The highest BCUT2D eigenvalue weighted by atomic mass is 16.2. The number of nitrogens with one attached hydrogen (secondary N) is 3. The monoisotopic (exact) mass is 684 g/mol. The van der Waals surface area contributed by atoms with Gasteiger partial charge in [-0.25, -0.2) is 4.98 Å². The van der Waals surface area contributed by atoms with E-state index in [0.717, 1.165) is 40.6 Å². The number of anilines is 2. The van der Waals surface area contributed by atoms with Crippen LogP contribution in [-0.4, -0.2) is 69.1 Å². The minimum atomic E-state index is -0.491. The number of carbonyl (C=O) groups is 4. The van der Waals surface area contributed by atoms with Crippen LogP contribution in [0.2, 0.25) is 0 Å². The van der Waals surface area contributed by atoms with E-state index in [4.69, 9.17) is 4.98 Å². The van der Waals surface area contributed by atoms with Crippen molar-refractivity contribution in [2.45, 2.75) is 57.9 Å². The lowest BCUT2D eigenvalue weighted by molar-refractivity contribution is -0.136. The number of aryl methyl sites for hydroxylation is 2. The molecule has 1 aliphatic rings. The molecule has 10 nitrogen and oxygen atoms in total. The average Bonchev–Trinajstić information content (AvgIpc) is 3.82. The zero-order valence-electron chi connectivity index (χ0n) is 28.9. The first-order valence-corrected chi connectivity index (χ1v) is 17.7. The fraction of sp³-hybridized carbons (Fsp3) is 0.293. The summed E-state index contributed by atoms with van der Waals surface area (Å²) in [6.07, 6.45) is 4.21. The molecule has 0 radical (unpaired) electrons. The number of carbonyl (C=O) groups excluding carboxylic acids is 4. The van der Waals surface area contributed by atoms with Crippen LogP contribution in [0.25, 0.3) is 22.4 Å². The number of fused-ring (bicyclic) bond motifs is 1. The maximum absolute atomic E-state index is 13.3. The molecule has 1 atom stereocenters. The second kappa shape index (κ2) is 16.8. The summed E-state index contributed by atoms with van der Waals surface area (Å²) in [5.41, 5.74) is 5.78. The molecule has 262 valence electrons. The van der Waals surface area contributed by atoms with E-state index in [9.17, 15) is 19.2 Å². The van der Waals surface area contributed by atoms with E-state index in [-0.39, 0.29) is 30.2 Å². The molecule has 1 aliphatic heterocycles. The third kappa shape index (κ3) is 9.27. The summed E-state index contributed by atoms with van der Waals surface area (Å²) in [6.45, 7) is 3.09. The van der Waals surface area contributed by atoms with Crippen LogP contribution in [0.5, 0.6) is 0 Å². The topological polar surface area (TPSA) is 128 Å².